The Morgan fingerprint density at radius 3 is 3.24 bits per heavy atom. The summed E-state index contributed by atoms with van der Waals surface area (Å²) in [5.74, 6) is 0. The molecule has 0 radical (unpaired) electrons. The van der Waals surface area contributed by atoms with E-state index in [4.69, 9.17) is 4.74 Å². The number of nitrogens with one attached hydrogen (secondary N) is 1. The van der Waals surface area contributed by atoms with Crippen molar-refractivity contribution < 1.29 is 4.74 Å². The summed E-state index contributed by atoms with van der Waals surface area (Å²) in [6.45, 7) is 5.01. The van der Waals surface area contributed by atoms with Gasteiger partial charge in [-0.05, 0) is 43.9 Å². The van der Waals surface area contributed by atoms with E-state index in [1.54, 1.807) is 0 Å². The summed E-state index contributed by atoms with van der Waals surface area (Å²) in [6.07, 6.45) is 6.98. The Morgan fingerprint density at radius 1 is 1.53 bits per heavy atom. The molecule has 0 saturated carbocycles. The molecular weight excluding hydrogens is 212 g/mol. The van der Waals surface area contributed by atoms with Crippen molar-refractivity contribution in [3.63, 3.8) is 0 Å². The lowest BCUT2D eigenvalue weighted by Gasteiger charge is -2.11. The molecular formula is C14H22N2O. The monoisotopic (exact) mass is 234 g/mol. The minimum atomic E-state index is 0.483. The fourth-order valence-electron chi connectivity index (χ4n) is 2.29. The highest BCUT2D eigenvalue weighted by Crippen LogP contribution is 2.14. The van der Waals surface area contributed by atoms with E-state index in [1.165, 1.54) is 24.1 Å². The maximum Gasteiger partial charge on any atom is 0.0588 e. The lowest BCUT2D eigenvalue weighted by atomic mass is 10.1. The quantitative estimate of drug-likeness (QED) is 0.767. The summed E-state index contributed by atoms with van der Waals surface area (Å²) < 4.78 is 5.59. The first-order valence-corrected chi connectivity index (χ1v) is 6.65. The number of ether oxygens (including phenoxy) is 1. The molecule has 2 heterocycles. The fraction of sp³-hybridized carbons (Fsp3) is 0.643. The highest BCUT2D eigenvalue weighted by Gasteiger charge is 2.14. The highest BCUT2D eigenvalue weighted by molar-refractivity contribution is 5.19. The molecule has 0 spiro atoms. The van der Waals surface area contributed by atoms with Gasteiger partial charge in [0, 0.05) is 19.3 Å². The average molecular weight is 234 g/mol. The molecule has 0 aromatic carbocycles. The average Bonchev–Trinajstić information content (AvgIpc) is 2.88. The zero-order valence-corrected chi connectivity index (χ0v) is 10.6. The molecule has 1 N–H and O–H groups in total. The highest BCUT2D eigenvalue weighted by atomic mass is 16.5. The van der Waals surface area contributed by atoms with Gasteiger partial charge in [0.25, 0.3) is 0 Å². The maximum atomic E-state index is 5.59. The molecule has 17 heavy (non-hydrogen) atoms. The molecule has 1 aliphatic heterocycles. The van der Waals surface area contributed by atoms with E-state index in [9.17, 15) is 0 Å². The van der Waals surface area contributed by atoms with Crippen LogP contribution in [0.5, 0.6) is 0 Å². The first-order chi connectivity index (χ1) is 8.40. The van der Waals surface area contributed by atoms with E-state index in [1.807, 2.05) is 12.3 Å². The normalized spacial score (nSPS) is 19.7. The van der Waals surface area contributed by atoms with E-state index >= 15 is 0 Å². The number of aryl methyl sites for hydroxylation is 1. The van der Waals surface area contributed by atoms with Gasteiger partial charge >= 0.3 is 0 Å². The predicted octanol–water partition coefficient (Wildman–Crippen LogP) is 2.30. The van der Waals surface area contributed by atoms with Gasteiger partial charge in [0.05, 0.1) is 11.8 Å². The minimum absolute atomic E-state index is 0.483. The lowest BCUT2D eigenvalue weighted by Crippen LogP contribution is -2.21. The second-order valence-electron chi connectivity index (χ2n) is 4.56. The third-order valence-electron chi connectivity index (χ3n) is 3.32. The van der Waals surface area contributed by atoms with Crippen molar-refractivity contribution in [3.8, 4) is 0 Å². The van der Waals surface area contributed by atoms with Gasteiger partial charge in [-0.1, -0.05) is 13.0 Å². The molecule has 1 atom stereocenters. The third-order valence-corrected chi connectivity index (χ3v) is 3.32. The molecule has 1 aromatic heterocycles. The smallest absolute Gasteiger partial charge is 0.0588 e. The largest absolute Gasteiger partial charge is 0.378 e. The molecule has 94 valence electrons. The van der Waals surface area contributed by atoms with Crippen LogP contribution in [0.1, 0.15) is 37.4 Å². The minimum Gasteiger partial charge on any atom is -0.378 e. The number of hydrogen-bond acceptors (Lipinski definition) is 3. The number of aromatic nitrogens is 1. The maximum absolute atomic E-state index is 5.59. The molecule has 1 fully saturated rings. The van der Waals surface area contributed by atoms with Crippen LogP contribution in [0.2, 0.25) is 0 Å². The van der Waals surface area contributed by atoms with Gasteiger partial charge in [-0.15, -0.1) is 0 Å². The standard InChI is InChI=1S/C14H22N2O/c1-2-12-5-3-8-16-14(12)11-15-9-7-13-6-4-10-17-13/h3,5,8,13,15H,2,4,6-7,9-11H2,1H3. The molecule has 1 saturated heterocycles. The van der Waals surface area contributed by atoms with Crippen molar-refractivity contribution in [2.45, 2.75) is 45.3 Å². The number of nitrogens with zero attached hydrogens (tertiary/aromatic N) is 1. The Morgan fingerprint density at radius 2 is 2.47 bits per heavy atom. The zero-order chi connectivity index (χ0) is 11.9. The van der Waals surface area contributed by atoms with Crippen molar-refractivity contribution in [2.75, 3.05) is 13.2 Å². The van der Waals surface area contributed by atoms with Crippen LogP contribution in [-0.4, -0.2) is 24.2 Å². The van der Waals surface area contributed by atoms with Crippen molar-refractivity contribution in [1.29, 1.82) is 0 Å². The van der Waals surface area contributed by atoms with Gasteiger partial charge in [-0.25, -0.2) is 0 Å². The first kappa shape index (κ1) is 12.5. The van der Waals surface area contributed by atoms with Crippen LogP contribution in [0.4, 0.5) is 0 Å². The first-order valence-electron chi connectivity index (χ1n) is 6.65. The Kier molecular flexibility index (Phi) is 4.95. The molecule has 0 bridgehead atoms. The molecule has 0 amide bonds. The third kappa shape index (κ3) is 3.79. The van der Waals surface area contributed by atoms with Gasteiger partial charge in [-0.3, -0.25) is 4.98 Å². The van der Waals surface area contributed by atoms with Crippen LogP contribution >= 0.6 is 0 Å². The van der Waals surface area contributed by atoms with Crippen LogP contribution in [0.15, 0.2) is 18.3 Å². The molecule has 1 aromatic rings. The Bertz CT molecular complexity index is 335. The van der Waals surface area contributed by atoms with Gasteiger partial charge < -0.3 is 10.1 Å². The number of hydrogen-bond donors (Lipinski definition) is 1. The van der Waals surface area contributed by atoms with Crippen LogP contribution < -0.4 is 5.32 Å². The van der Waals surface area contributed by atoms with E-state index in [-0.39, 0.29) is 0 Å². The molecule has 1 unspecified atom stereocenters. The van der Waals surface area contributed by atoms with Gasteiger partial charge in [0.2, 0.25) is 0 Å². The van der Waals surface area contributed by atoms with E-state index < -0.39 is 0 Å². The van der Waals surface area contributed by atoms with Gasteiger partial charge in [0.15, 0.2) is 0 Å². The van der Waals surface area contributed by atoms with Crippen LogP contribution in [0.25, 0.3) is 0 Å². The summed E-state index contributed by atoms with van der Waals surface area (Å²) in [6, 6.07) is 4.17. The molecule has 3 heteroatoms. The zero-order valence-electron chi connectivity index (χ0n) is 10.6. The summed E-state index contributed by atoms with van der Waals surface area (Å²) in [7, 11) is 0. The van der Waals surface area contributed by atoms with E-state index in [0.29, 0.717) is 6.10 Å². The Hall–Kier alpha value is -0.930. The fourth-order valence-corrected chi connectivity index (χ4v) is 2.29. The summed E-state index contributed by atoms with van der Waals surface area (Å²) in [5, 5.41) is 3.46. The predicted molar refractivity (Wildman–Crippen MR) is 68.9 cm³/mol. The molecule has 2 rings (SSSR count). The summed E-state index contributed by atoms with van der Waals surface area (Å²) in [4.78, 5) is 4.43. The molecule has 1 aliphatic rings. The lowest BCUT2D eigenvalue weighted by molar-refractivity contribution is 0.104. The Balaban J connectivity index is 1.70. The summed E-state index contributed by atoms with van der Waals surface area (Å²) >= 11 is 0. The topological polar surface area (TPSA) is 34.2 Å². The second-order valence-corrected chi connectivity index (χ2v) is 4.56. The van der Waals surface area contributed by atoms with Crippen molar-refractivity contribution >= 4 is 0 Å². The second kappa shape index (κ2) is 6.72. The van der Waals surface area contributed by atoms with Crippen LogP contribution in [-0.2, 0) is 17.7 Å². The van der Waals surface area contributed by atoms with Crippen molar-refractivity contribution in [1.82, 2.24) is 10.3 Å². The van der Waals surface area contributed by atoms with Crippen molar-refractivity contribution in [2.24, 2.45) is 0 Å². The van der Waals surface area contributed by atoms with E-state index in [2.05, 4.69) is 23.3 Å². The van der Waals surface area contributed by atoms with Crippen LogP contribution in [0.3, 0.4) is 0 Å². The molecule has 3 nitrogen and oxygen atoms in total. The SMILES string of the molecule is CCc1cccnc1CNCCC1CCCO1. The van der Waals surface area contributed by atoms with Gasteiger partial charge in [-0.2, -0.15) is 0 Å². The number of rotatable bonds is 6. The van der Waals surface area contributed by atoms with Crippen LogP contribution in [0, 0.1) is 0 Å². The Labute approximate surface area is 104 Å². The molecule has 0 aliphatic carbocycles. The van der Waals surface area contributed by atoms with Gasteiger partial charge in [0.1, 0.15) is 0 Å². The summed E-state index contributed by atoms with van der Waals surface area (Å²) in [5.41, 5.74) is 2.53. The van der Waals surface area contributed by atoms with Crippen molar-refractivity contribution in [3.05, 3.63) is 29.6 Å². The van der Waals surface area contributed by atoms with E-state index in [0.717, 1.165) is 32.5 Å². The number of pyridine rings is 1.